The van der Waals surface area contributed by atoms with Crippen molar-refractivity contribution < 1.29 is 9.36 Å². The van der Waals surface area contributed by atoms with Gasteiger partial charge in [0.05, 0.1) is 6.54 Å². The van der Waals surface area contributed by atoms with Gasteiger partial charge in [-0.2, -0.15) is 0 Å². The number of hydrogen-bond donors (Lipinski definition) is 1. The molecule has 5 heteroatoms. The monoisotopic (exact) mass is 363 g/mol. The Morgan fingerprint density at radius 1 is 0.963 bits per heavy atom. The number of benzene rings is 2. The summed E-state index contributed by atoms with van der Waals surface area (Å²) in [5.41, 5.74) is 9.57. The van der Waals surface area contributed by atoms with E-state index < -0.39 is 0 Å². The maximum Gasteiger partial charge on any atom is 0.272 e. The molecule has 140 valence electrons. The van der Waals surface area contributed by atoms with Gasteiger partial charge in [0.25, 0.3) is 11.7 Å². The molecule has 5 nitrogen and oxygen atoms in total. The third kappa shape index (κ3) is 3.60. The van der Waals surface area contributed by atoms with Crippen molar-refractivity contribution in [2.45, 2.75) is 38.9 Å². The van der Waals surface area contributed by atoms with E-state index in [2.05, 4.69) is 45.5 Å². The van der Waals surface area contributed by atoms with Crippen molar-refractivity contribution in [3.8, 4) is 0 Å². The van der Waals surface area contributed by atoms with Crippen molar-refractivity contribution in [3.63, 3.8) is 0 Å². The molecule has 0 unspecified atom stereocenters. The molecule has 0 atom stereocenters. The van der Waals surface area contributed by atoms with Gasteiger partial charge in [0.1, 0.15) is 6.54 Å². The molecular weight excluding hydrogens is 336 g/mol. The molecule has 4 rings (SSSR count). The number of likely N-dealkylation sites (tertiary alicyclic amines) is 1. The Balaban J connectivity index is 1.72. The van der Waals surface area contributed by atoms with Crippen molar-refractivity contribution in [2.24, 2.45) is 5.73 Å². The van der Waals surface area contributed by atoms with E-state index in [1.807, 2.05) is 23.1 Å². The lowest BCUT2D eigenvalue weighted by Crippen LogP contribution is -2.42. The molecule has 1 aliphatic rings. The highest BCUT2D eigenvalue weighted by molar-refractivity contribution is 5.79. The van der Waals surface area contributed by atoms with E-state index in [-0.39, 0.29) is 5.91 Å². The average molecular weight is 363 g/mol. The Morgan fingerprint density at radius 2 is 1.67 bits per heavy atom. The summed E-state index contributed by atoms with van der Waals surface area (Å²) in [4.78, 5) is 14.9. The molecule has 0 spiro atoms. The smallest absolute Gasteiger partial charge is 0.272 e. The number of nitrogens with two attached hydrogens (primary N) is 1. The minimum absolute atomic E-state index is 0.192. The number of para-hydroxylation sites is 2. The van der Waals surface area contributed by atoms with Crippen LogP contribution in [-0.4, -0.2) is 28.5 Å². The van der Waals surface area contributed by atoms with Crippen molar-refractivity contribution in [1.82, 2.24) is 9.47 Å². The third-order valence-corrected chi connectivity index (χ3v) is 5.45. The zero-order valence-corrected chi connectivity index (χ0v) is 15.7. The average Bonchev–Trinajstić information content (AvgIpc) is 3.02. The Hall–Kier alpha value is -2.66. The molecule has 2 N–H and O–H groups in total. The molecule has 2 aromatic carbocycles. The number of nitrogens with zero attached hydrogens (tertiary/aromatic N) is 3. The molecule has 1 aromatic heterocycles. The van der Waals surface area contributed by atoms with Gasteiger partial charge in [0.2, 0.25) is 0 Å². The van der Waals surface area contributed by atoms with Crippen molar-refractivity contribution in [2.75, 3.05) is 13.1 Å². The van der Waals surface area contributed by atoms with Crippen molar-refractivity contribution >= 4 is 16.9 Å². The Labute approximate surface area is 160 Å². The van der Waals surface area contributed by atoms with Gasteiger partial charge < -0.3 is 10.6 Å². The van der Waals surface area contributed by atoms with Crippen LogP contribution >= 0.6 is 0 Å². The third-order valence-electron chi connectivity index (χ3n) is 5.45. The van der Waals surface area contributed by atoms with Gasteiger partial charge in [-0.3, -0.25) is 4.79 Å². The van der Waals surface area contributed by atoms with Crippen LogP contribution in [0.25, 0.3) is 11.0 Å². The molecule has 2 heterocycles. The topological polar surface area (TPSA) is 55.1 Å². The van der Waals surface area contributed by atoms with Gasteiger partial charge in [-0.1, -0.05) is 42.5 Å². The number of fused-ring (bicyclic) bond motifs is 1. The number of carbonyl (C=O) groups excluding carboxylic acids is 1. The summed E-state index contributed by atoms with van der Waals surface area (Å²) in [5.74, 6) is 1.18. The molecule has 3 aromatic rings. The van der Waals surface area contributed by atoms with Crippen LogP contribution in [0.1, 0.15) is 30.7 Å². The van der Waals surface area contributed by atoms with Gasteiger partial charge in [-0.25, -0.2) is 9.13 Å². The lowest BCUT2D eigenvalue weighted by Gasteiger charge is -2.26. The van der Waals surface area contributed by atoms with Crippen LogP contribution in [0.3, 0.4) is 0 Å². The van der Waals surface area contributed by atoms with Gasteiger partial charge in [0, 0.05) is 13.1 Å². The molecule has 0 aliphatic carbocycles. The molecule has 27 heavy (non-hydrogen) atoms. The van der Waals surface area contributed by atoms with Crippen molar-refractivity contribution in [3.05, 3.63) is 66.0 Å². The summed E-state index contributed by atoms with van der Waals surface area (Å²) < 4.78 is 4.35. The number of piperidine rings is 1. The number of carbonyl (C=O) groups is 1. The number of aromatic nitrogens is 2. The zero-order chi connectivity index (χ0) is 18.6. The molecule has 0 radical (unpaired) electrons. The van der Waals surface area contributed by atoms with Crippen LogP contribution in [-0.2, 0) is 24.4 Å². The number of hydrogen-bond acceptors (Lipinski definition) is 2. The lowest BCUT2D eigenvalue weighted by molar-refractivity contribution is -0.671. The molecule has 1 aliphatic heterocycles. The standard InChI is InChI=1S/C22H27N4O/c23-15-21-25(16-18-9-3-1-4-10-18)19-11-5-6-12-20(19)26(21)17-22(27)24-13-7-2-8-14-24/h1,3-6,9-12H,2,7-8,13-17,23H2/q+1. The second kappa shape index (κ2) is 7.92. The zero-order valence-electron chi connectivity index (χ0n) is 15.7. The summed E-state index contributed by atoms with van der Waals surface area (Å²) in [6, 6.07) is 18.6. The summed E-state index contributed by atoms with van der Waals surface area (Å²) in [7, 11) is 0. The van der Waals surface area contributed by atoms with Gasteiger partial charge >= 0.3 is 0 Å². The maximum absolute atomic E-state index is 12.9. The first-order chi connectivity index (χ1) is 13.3. The van der Waals surface area contributed by atoms with Crippen molar-refractivity contribution in [1.29, 1.82) is 0 Å². The van der Waals surface area contributed by atoms with Gasteiger partial charge in [-0.05, 0) is 37.0 Å². The Kier molecular flexibility index (Phi) is 5.21. The SMILES string of the molecule is NCc1n(CC(=O)N2CCCCC2)c2ccccc2[n+]1Cc1ccccc1. The van der Waals surface area contributed by atoms with Gasteiger partial charge in [0.15, 0.2) is 17.6 Å². The molecular formula is C22H27N4O+. The molecule has 0 saturated carbocycles. The Morgan fingerprint density at radius 3 is 2.41 bits per heavy atom. The molecule has 0 bridgehead atoms. The highest BCUT2D eigenvalue weighted by atomic mass is 16.2. The van der Waals surface area contributed by atoms with Crippen LogP contribution in [0.15, 0.2) is 54.6 Å². The molecule has 1 saturated heterocycles. The van der Waals surface area contributed by atoms with Crippen LogP contribution in [0.2, 0.25) is 0 Å². The molecule has 1 amide bonds. The number of amides is 1. The normalized spacial score (nSPS) is 14.6. The van der Waals surface area contributed by atoms with Crippen LogP contribution in [0.4, 0.5) is 0 Å². The van der Waals surface area contributed by atoms with Crippen LogP contribution in [0, 0.1) is 0 Å². The van der Waals surface area contributed by atoms with E-state index in [1.165, 1.54) is 12.0 Å². The van der Waals surface area contributed by atoms with Crippen LogP contribution < -0.4 is 10.3 Å². The lowest BCUT2D eigenvalue weighted by atomic mass is 10.1. The minimum atomic E-state index is 0.192. The van der Waals surface area contributed by atoms with Crippen LogP contribution in [0.5, 0.6) is 0 Å². The fourth-order valence-corrected chi connectivity index (χ4v) is 4.06. The number of rotatable bonds is 5. The highest BCUT2D eigenvalue weighted by Gasteiger charge is 2.27. The van der Waals surface area contributed by atoms with E-state index in [0.29, 0.717) is 13.1 Å². The first-order valence-corrected chi connectivity index (χ1v) is 9.79. The number of imidazole rings is 1. The maximum atomic E-state index is 12.9. The Bertz CT molecular complexity index is 926. The highest BCUT2D eigenvalue weighted by Crippen LogP contribution is 2.17. The summed E-state index contributed by atoms with van der Waals surface area (Å²) in [6.45, 7) is 3.25. The van der Waals surface area contributed by atoms with E-state index in [1.54, 1.807) is 0 Å². The summed E-state index contributed by atoms with van der Waals surface area (Å²) >= 11 is 0. The second-order valence-corrected chi connectivity index (χ2v) is 7.21. The second-order valence-electron chi connectivity index (χ2n) is 7.21. The largest absolute Gasteiger partial charge is 0.339 e. The van der Waals surface area contributed by atoms with E-state index in [4.69, 9.17) is 5.73 Å². The predicted molar refractivity (Wildman–Crippen MR) is 106 cm³/mol. The van der Waals surface area contributed by atoms with Gasteiger partial charge in [-0.15, -0.1) is 0 Å². The molecule has 1 fully saturated rings. The quantitative estimate of drug-likeness (QED) is 0.708. The summed E-state index contributed by atoms with van der Waals surface area (Å²) in [6.07, 6.45) is 3.44. The predicted octanol–water partition coefficient (Wildman–Crippen LogP) is 2.45. The van der Waals surface area contributed by atoms with E-state index in [9.17, 15) is 4.79 Å². The first kappa shape index (κ1) is 17.7. The summed E-state index contributed by atoms with van der Waals surface area (Å²) in [5, 5.41) is 0. The van der Waals surface area contributed by atoms with E-state index >= 15 is 0 Å². The fraction of sp³-hybridized carbons (Fsp3) is 0.364. The minimum Gasteiger partial charge on any atom is -0.339 e. The fourth-order valence-electron chi connectivity index (χ4n) is 4.06. The van der Waals surface area contributed by atoms with E-state index in [0.717, 1.165) is 49.3 Å². The first-order valence-electron chi connectivity index (χ1n) is 9.79.